The molecule has 0 saturated carbocycles. The van der Waals surface area contributed by atoms with Crippen LogP contribution in [0.3, 0.4) is 0 Å². The number of halogens is 2. The molecule has 0 fully saturated rings. The average molecular weight is 310 g/mol. The van der Waals surface area contributed by atoms with Gasteiger partial charge in [-0.3, -0.25) is 0 Å². The maximum atomic E-state index is 13.2. The molecule has 1 atom stereocenters. The molecule has 1 unspecified atom stereocenters. The molecule has 4 heteroatoms. The molecular weight excluding hydrogens is 293 g/mol. The quantitative estimate of drug-likeness (QED) is 0.793. The smallest absolute Gasteiger partial charge is 0.123 e. The van der Waals surface area contributed by atoms with Crippen molar-refractivity contribution in [1.82, 2.24) is 5.32 Å². The number of rotatable bonds is 5. The van der Waals surface area contributed by atoms with Crippen LogP contribution in [0.4, 0.5) is 4.39 Å². The molecule has 2 aromatic rings. The Morgan fingerprint density at radius 3 is 2.70 bits per heavy atom. The molecule has 0 radical (unpaired) electrons. The third-order valence-corrected chi connectivity index (χ3v) is 4.49. The number of hydrogen-bond donors (Lipinski definition) is 1. The maximum Gasteiger partial charge on any atom is 0.123 e. The van der Waals surface area contributed by atoms with Crippen LogP contribution in [-0.2, 0) is 0 Å². The van der Waals surface area contributed by atoms with Crippen molar-refractivity contribution in [2.45, 2.75) is 17.9 Å². The van der Waals surface area contributed by atoms with Gasteiger partial charge in [-0.2, -0.15) is 0 Å². The van der Waals surface area contributed by atoms with Crippen molar-refractivity contribution in [2.24, 2.45) is 0 Å². The van der Waals surface area contributed by atoms with Crippen LogP contribution in [0.2, 0.25) is 5.02 Å². The molecule has 2 rings (SSSR count). The molecule has 0 saturated heterocycles. The van der Waals surface area contributed by atoms with Crippen molar-refractivity contribution in [2.75, 3.05) is 12.8 Å². The Balaban J connectivity index is 2.09. The SMILES string of the molecule is CNC(CSc1cccc(Cl)c1)c1ccc(F)cc1C. The van der Waals surface area contributed by atoms with Crippen LogP contribution in [0.25, 0.3) is 0 Å². The Labute approximate surface area is 128 Å². The average Bonchev–Trinajstić information content (AvgIpc) is 2.41. The Morgan fingerprint density at radius 1 is 1.25 bits per heavy atom. The van der Waals surface area contributed by atoms with Crippen molar-refractivity contribution in [3.63, 3.8) is 0 Å². The Bertz CT molecular complexity index is 588. The molecule has 0 aliphatic heterocycles. The minimum absolute atomic E-state index is 0.180. The van der Waals surface area contributed by atoms with Crippen LogP contribution in [0.15, 0.2) is 47.4 Å². The highest BCUT2D eigenvalue weighted by molar-refractivity contribution is 7.99. The van der Waals surface area contributed by atoms with E-state index in [1.165, 1.54) is 6.07 Å². The van der Waals surface area contributed by atoms with E-state index >= 15 is 0 Å². The zero-order valence-electron chi connectivity index (χ0n) is 11.5. The van der Waals surface area contributed by atoms with Gasteiger partial charge in [0.05, 0.1) is 0 Å². The topological polar surface area (TPSA) is 12.0 Å². The van der Waals surface area contributed by atoms with Crippen LogP contribution in [-0.4, -0.2) is 12.8 Å². The van der Waals surface area contributed by atoms with E-state index in [1.54, 1.807) is 17.8 Å². The van der Waals surface area contributed by atoms with Crippen LogP contribution >= 0.6 is 23.4 Å². The summed E-state index contributed by atoms with van der Waals surface area (Å²) >= 11 is 7.72. The van der Waals surface area contributed by atoms with Crippen molar-refractivity contribution in [1.29, 1.82) is 0 Å². The van der Waals surface area contributed by atoms with Crippen molar-refractivity contribution >= 4 is 23.4 Å². The monoisotopic (exact) mass is 309 g/mol. The van der Waals surface area contributed by atoms with Gasteiger partial charge >= 0.3 is 0 Å². The van der Waals surface area contributed by atoms with Crippen molar-refractivity contribution in [3.8, 4) is 0 Å². The predicted molar refractivity (Wildman–Crippen MR) is 85.1 cm³/mol. The zero-order chi connectivity index (χ0) is 14.5. The van der Waals surface area contributed by atoms with Crippen LogP contribution in [0.1, 0.15) is 17.2 Å². The molecule has 0 aromatic heterocycles. The standard InChI is InChI=1S/C16H17ClFNS/c1-11-8-13(18)6-7-15(11)16(19-2)10-20-14-5-3-4-12(17)9-14/h3-9,16,19H,10H2,1-2H3. The highest BCUT2D eigenvalue weighted by Crippen LogP contribution is 2.28. The van der Waals surface area contributed by atoms with Gasteiger partial charge in [0.2, 0.25) is 0 Å². The summed E-state index contributed by atoms with van der Waals surface area (Å²) in [5, 5.41) is 4.03. The van der Waals surface area contributed by atoms with E-state index in [2.05, 4.69) is 5.32 Å². The first kappa shape index (κ1) is 15.4. The van der Waals surface area contributed by atoms with E-state index in [0.717, 1.165) is 26.8 Å². The van der Waals surface area contributed by atoms with Gasteiger partial charge in [-0.05, 0) is 55.4 Å². The van der Waals surface area contributed by atoms with Gasteiger partial charge in [-0.1, -0.05) is 23.7 Å². The molecule has 106 valence electrons. The first-order valence-electron chi connectivity index (χ1n) is 6.42. The summed E-state index contributed by atoms with van der Waals surface area (Å²) in [6, 6.07) is 12.9. The molecule has 1 N–H and O–H groups in total. The number of benzene rings is 2. The van der Waals surface area contributed by atoms with E-state index in [0.29, 0.717) is 0 Å². The summed E-state index contributed by atoms with van der Waals surface area (Å²) in [5.74, 6) is 0.673. The summed E-state index contributed by atoms with van der Waals surface area (Å²) in [4.78, 5) is 1.14. The summed E-state index contributed by atoms with van der Waals surface area (Å²) in [6.45, 7) is 1.94. The van der Waals surface area contributed by atoms with E-state index < -0.39 is 0 Å². The maximum absolute atomic E-state index is 13.2. The molecule has 20 heavy (non-hydrogen) atoms. The van der Waals surface area contributed by atoms with Crippen molar-refractivity contribution in [3.05, 3.63) is 64.4 Å². The van der Waals surface area contributed by atoms with Crippen LogP contribution in [0, 0.1) is 12.7 Å². The lowest BCUT2D eigenvalue weighted by molar-refractivity contribution is 0.617. The molecule has 2 aromatic carbocycles. The lowest BCUT2D eigenvalue weighted by atomic mass is 10.0. The highest BCUT2D eigenvalue weighted by Gasteiger charge is 2.12. The van der Waals surface area contributed by atoms with Gasteiger partial charge in [-0.15, -0.1) is 11.8 Å². The Morgan fingerprint density at radius 2 is 2.05 bits per heavy atom. The molecule has 0 bridgehead atoms. The van der Waals surface area contributed by atoms with Gasteiger partial charge in [-0.25, -0.2) is 4.39 Å². The second kappa shape index (κ2) is 7.11. The second-order valence-corrected chi connectivity index (χ2v) is 6.14. The van der Waals surface area contributed by atoms with Crippen LogP contribution in [0.5, 0.6) is 0 Å². The normalized spacial score (nSPS) is 12.4. The fourth-order valence-corrected chi connectivity index (χ4v) is 3.44. The Hall–Kier alpha value is -1.03. The number of hydrogen-bond acceptors (Lipinski definition) is 2. The summed E-state index contributed by atoms with van der Waals surface area (Å²) in [6.07, 6.45) is 0. The largest absolute Gasteiger partial charge is 0.312 e. The number of nitrogens with one attached hydrogen (secondary N) is 1. The van der Waals surface area contributed by atoms with E-state index in [9.17, 15) is 4.39 Å². The minimum atomic E-state index is -0.191. The second-order valence-electron chi connectivity index (χ2n) is 4.61. The van der Waals surface area contributed by atoms with Crippen LogP contribution < -0.4 is 5.32 Å². The van der Waals surface area contributed by atoms with E-state index in [1.807, 2.05) is 44.3 Å². The zero-order valence-corrected chi connectivity index (χ0v) is 13.1. The first-order chi connectivity index (χ1) is 9.60. The van der Waals surface area contributed by atoms with Gasteiger partial charge in [0, 0.05) is 21.7 Å². The predicted octanol–water partition coefficient (Wildman–Crippen LogP) is 4.84. The van der Waals surface area contributed by atoms with Crippen molar-refractivity contribution < 1.29 is 4.39 Å². The van der Waals surface area contributed by atoms with Gasteiger partial charge in [0.1, 0.15) is 5.82 Å². The molecular formula is C16H17ClFNS. The van der Waals surface area contributed by atoms with Gasteiger partial charge in [0.15, 0.2) is 0 Å². The third-order valence-electron chi connectivity index (χ3n) is 3.17. The molecule has 0 aliphatic rings. The summed E-state index contributed by atoms with van der Waals surface area (Å²) in [7, 11) is 1.92. The van der Waals surface area contributed by atoms with E-state index in [-0.39, 0.29) is 11.9 Å². The van der Waals surface area contributed by atoms with Gasteiger partial charge in [0.25, 0.3) is 0 Å². The first-order valence-corrected chi connectivity index (χ1v) is 7.78. The summed E-state index contributed by atoms with van der Waals surface area (Å²) < 4.78 is 13.2. The van der Waals surface area contributed by atoms with Gasteiger partial charge < -0.3 is 5.32 Å². The number of thioether (sulfide) groups is 1. The Kier molecular flexibility index (Phi) is 5.46. The molecule has 0 aliphatic carbocycles. The molecule has 0 amide bonds. The number of aryl methyl sites for hydroxylation is 1. The lowest BCUT2D eigenvalue weighted by Crippen LogP contribution is -2.19. The summed E-state index contributed by atoms with van der Waals surface area (Å²) in [5.41, 5.74) is 2.10. The third kappa shape index (κ3) is 3.98. The molecule has 1 nitrogen and oxygen atoms in total. The lowest BCUT2D eigenvalue weighted by Gasteiger charge is -2.18. The molecule has 0 spiro atoms. The molecule has 0 heterocycles. The fraction of sp³-hybridized carbons (Fsp3) is 0.250. The highest BCUT2D eigenvalue weighted by atomic mass is 35.5. The fourth-order valence-electron chi connectivity index (χ4n) is 2.10. The minimum Gasteiger partial charge on any atom is -0.312 e. The van der Waals surface area contributed by atoms with E-state index in [4.69, 9.17) is 11.6 Å².